The molecule has 0 saturated heterocycles. The normalized spacial score (nSPS) is 18.1. The summed E-state index contributed by atoms with van der Waals surface area (Å²) in [5.74, 6) is 1.68. The summed E-state index contributed by atoms with van der Waals surface area (Å²) in [6.45, 7) is 2.12. The molecular formula is C18H18N2. The van der Waals surface area contributed by atoms with Crippen LogP contribution in [0.25, 0.3) is 11.0 Å². The smallest absolute Gasteiger partial charge is 0.110 e. The minimum atomic E-state index is 0.526. The lowest BCUT2D eigenvalue weighted by Crippen LogP contribution is -2.13. The van der Waals surface area contributed by atoms with E-state index in [0.29, 0.717) is 5.92 Å². The third kappa shape index (κ3) is 1.92. The Hall–Kier alpha value is -2.09. The number of hydrogen-bond donors (Lipinski definition) is 1. The highest BCUT2D eigenvalue weighted by Crippen LogP contribution is 2.32. The summed E-state index contributed by atoms with van der Waals surface area (Å²) >= 11 is 0. The number of H-pyrrole nitrogens is 1. The van der Waals surface area contributed by atoms with E-state index in [0.717, 1.165) is 24.2 Å². The molecule has 1 aromatic heterocycles. The second-order valence-corrected chi connectivity index (χ2v) is 5.85. The second kappa shape index (κ2) is 4.48. The molecule has 2 nitrogen and oxygen atoms in total. The summed E-state index contributed by atoms with van der Waals surface area (Å²) in [4.78, 5) is 8.32. The van der Waals surface area contributed by atoms with E-state index in [2.05, 4.69) is 54.4 Å². The minimum Gasteiger partial charge on any atom is -0.342 e. The number of aromatic amines is 1. The van der Waals surface area contributed by atoms with Crippen LogP contribution in [0.5, 0.6) is 0 Å². The van der Waals surface area contributed by atoms with Crippen molar-refractivity contribution < 1.29 is 0 Å². The molecule has 4 rings (SSSR count). The Balaban J connectivity index is 1.70. The van der Waals surface area contributed by atoms with Crippen LogP contribution >= 0.6 is 0 Å². The average Bonchev–Trinajstić information content (AvgIpc) is 2.89. The maximum atomic E-state index is 4.79. The van der Waals surface area contributed by atoms with Crippen molar-refractivity contribution in [2.75, 3.05) is 0 Å². The van der Waals surface area contributed by atoms with Crippen molar-refractivity contribution in [2.45, 2.75) is 32.1 Å². The fourth-order valence-electron chi connectivity index (χ4n) is 3.27. The molecule has 2 aromatic carbocycles. The zero-order valence-corrected chi connectivity index (χ0v) is 11.7. The highest BCUT2D eigenvalue weighted by molar-refractivity contribution is 5.75. The number of fused-ring (bicyclic) bond motifs is 2. The Morgan fingerprint density at radius 3 is 2.85 bits per heavy atom. The van der Waals surface area contributed by atoms with Gasteiger partial charge in [-0.15, -0.1) is 0 Å². The molecule has 0 saturated carbocycles. The Morgan fingerprint density at radius 2 is 1.95 bits per heavy atom. The molecule has 1 N–H and O–H groups in total. The summed E-state index contributed by atoms with van der Waals surface area (Å²) < 4.78 is 0. The number of imidazole rings is 1. The molecular weight excluding hydrogens is 244 g/mol. The van der Waals surface area contributed by atoms with E-state index in [4.69, 9.17) is 4.98 Å². The van der Waals surface area contributed by atoms with E-state index in [-0.39, 0.29) is 0 Å². The number of benzene rings is 2. The number of rotatable bonds is 1. The van der Waals surface area contributed by atoms with Gasteiger partial charge in [-0.1, -0.05) is 30.3 Å². The van der Waals surface area contributed by atoms with Crippen LogP contribution in [0, 0.1) is 6.92 Å². The molecule has 1 aliphatic carbocycles. The maximum Gasteiger partial charge on any atom is 0.110 e. The second-order valence-electron chi connectivity index (χ2n) is 5.85. The largest absolute Gasteiger partial charge is 0.342 e. The number of nitrogens with one attached hydrogen (secondary N) is 1. The van der Waals surface area contributed by atoms with Gasteiger partial charge in [0.05, 0.1) is 11.0 Å². The number of aryl methyl sites for hydroxylation is 2. The average molecular weight is 262 g/mol. The molecule has 1 atom stereocenters. The molecule has 0 spiro atoms. The third-order valence-corrected chi connectivity index (χ3v) is 4.39. The molecule has 1 aliphatic rings. The zero-order valence-electron chi connectivity index (χ0n) is 11.7. The highest BCUT2D eigenvalue weighted by Gasteiger charge is 2.22. The molecule has 0 bridgehead atoms. The van der Waals surface area contributed by atoms with Crippen molar-refractivity contribution in [3.8, 4) is 0 Å². The standard InChI is InChI=1S/C18H18N2/c1-12-6-9-16-17(10-12)20-18(19-16)15-8-7-13-4-2-3-5-14(13)11-15/h2-6,9-10,15H,7-8,11H2,1H3,(H,19,20). The lowest BCUT2D eigenvalue weighted by Gasteiger charge is -2.22. The molecule has 2 heteroatoms. The van der Waals surface area contributed by atoms with Crippen LogP contribution in [0.2, 0.25) is 0 Å². The van der Waals surface area contributed by atoms with Crippen molar-refractivity contribution in [2.24, 2.45) is 0 Å². The predicted molar refractivity (Wildman–Crippen MR) is 82.0 cm³/mol. The topological polar surface area (TPSA) is 28.7 Å². The van der Waals surface area contributed by atoms with Crippen LogP contribution in [-0.4, -0.2) is 9.97 Å². The van der Waals surface area contributed by atoms with Crippen molar-refractivity contribution in [1.29, 1.82) is 0 Å². The lowest BCUT2D eigenvalue weighted by atomic mass is 9.83. The minimum absolute atomic E-state index is 0.526. The van der Waals surface area contributed by atoms with Crippen LogP contribution in [0.1, 0.15) is 34.9 Å². The molecule has 1 heterocycles. The van der Waals surface area contributed by atoms with Crippen LogP contribution in [0.4, 0.5) is 0 Å². The first-order chi connectivity index (χ1) is 9.79. The summed E-state index contributed by atoms with van der Waals surface area (Å²) in [6, 6.07) is 15.2. The summed E-state index contributed by atoms with van der Waals surface area (Å²) in [5, 5.41) is 0. The van der Waals surface area contributed by atoms with Gasteiger partial charge < -0.3 is 4.98 Å². The fraction of sp³-hybridized carbons (Fsp3) is 0.278. The van der Waals surface area contributed by atoms with Crippen molar-refractivity contribution >= 4 is 11.0 Å². The summed E-state index contributed by atoms with van der Waals surface area (Å²) in [7, 11) is 0. The first-order valence-electron chi connectivity index (χ1n) is 7.32. The molecule has 3 aromatic rings. The monoisotopic (exact) mass is 262 g/mol. The van der Waals surface area contributed by atoms with Gasteiger partial charge in [0.2, 0.25) is 0 Å². The third-order valence-electron chi connectivity index (χ3n) is 4.39. The molecule has 20 heavy (non-hydrogen) atoms. The van der Waals surface area contributed by atoms with E-state index in [1.54, 1.807) is 0 Å². The highest BCUT2D eigenvalue weighted by atomic mass is 14.9. The van der Waals surface area contributed by atoms with Gasteiger partial charge in [-0.3, -0.25) is 0 Å². The van der Waals surface area contributed by atoms with Crippen LogP contribution < -0.4 is 0 Å². The van der Waals surface area contributed by atoms with Gasteiger partial charge in [-0.05, 0) is 55.0 Å². The number of nitrogens with zero attached hydrogens (tertiary/aromatic N) is 1. The Labute approximate surface area is 118 Å². The first-order valence-corrected chi connectivity index (χ1v) is 7.32. The molecule has 1 unspecified atom stereocenters. The molecule has 0 aliphatic heterocycles. The molecule has 0 amide bonds. The van der Waals surface area contributed by atoms with E-state index in [1.807, 2.05) is 0 Å². The van der Waals surface area contributed by atoms with Crippen molar-refractivity contribution in [3.63, 3.8) is 0 Å². The van der Waals surface area contributed by atoms with Gasteiger partial charge in [-0.2, -0.15) is 0 Å². The quantitative estimate of drug-likeness (QED) is 0.701. The van der Waals surface area contributed by atoms with E-state index in [1.165, 1.54) is 28.6 Å². The predicted octanol–water partition coefficient (Wildman–Crippen LogP) is 4.14. The Morgan fingerprint density at radius 1 is 1.10 bits per heavy atom. The lowest BCUT2D eigenvalue weighted by molar-refractivity contribution is 0.561. The van der Waals surface area contributed by atoms with Gasteiger partial charge in [0, 0.05) is 5.92 Å². The Kier molecular flexibility index (Phi) is 2.62. The number of hydrogen-bond acceptors (Lipinski definition) is 1. The molecule has 0 fully saturated rings. The summed E-state index contributed by atoms with van der Waals surface area (Å²) in [6.07, 6.45) is 3.46. The Bertz CT molecular complexity index is 770. The van der Waals surface area contributed by atoms with E-state index in [9.17, 15) is 0 Å². The molecule has 0 radical (unpaired) electrons. The van der Waals surface area contributed by atoms with Crippen LogP contribution in [-0.2, 0) is 12.8 Å². The SMILES string of the molecule is Cc1ccc2nc(C3CCc4ccccc4C3)[nH]c2c1. The van der Waals surface area contributed by atoms with Gasteiger partial charge in [0.15, 0.2) is 0 Å². The maximum absolute atomic E-state index is 4.79. The van der Waals surface area contributed by atoms with Crippen molar-refractivity contribution in [3.05, 3.63) is 65.0 Å². The van der Waals surface area contributed by atoms with Gasteiger partial charge in [-0.25, -0.2) is 4.98 Å². The van der Waals surface area contributed by atoms with Gasteiger partial charge in [0.25, 0.3) is 0 Å². The zero-order chi connectivity index (χ0) is 13.5. The fourth-order valence-corrected chi connectivity index (χ4v) is 3.27. The van der Waals surface area contributed by atoms with E-state index >= 15 is 0 Å². The van der Waals surface area contributed by atoms with Crippen LogP contribution in [0.15, 0.2) is 42.5 Å². The van der Waals surface area contributed by atoms with Gasteiger partial charge >= 0.3 is 0 Å². The van der Waals surface area contributed by atoms with Crippen LogP contribution in [0.3, 0.4) is 0 Å². The first kappa shape index (κ1) is 11.7. The van der Waals surface area contributed by atoms with Crippen molar-refractivity contribution in [1.82, 2.24) is 9.97 Å². The number of aromatic nitrogens is 2. The molecule has 100 valence electrons. The summed E-state index contributed by atoms with van der Waals surface area (Å²) in [5.41, 5.74) is 6.53. The van der Waals surface area contributed by atoms with Gasteiger partial charge in [0.1, 0.15) is 5.82 Å². The van der Waals surface area contributed by atoms with E-state index < -0.39 is 0 Å².